The molecule has 6 heteroatoms. The maximum absolute atomic E-state index is 12.8. The van der Waals surface area contributed by atoms with Crippen LogP contribution in [0.15, 0.2) is 48.6 Å². The van der Waals surface area contributed by atoms with Crippen LogP contribution in [0.2, 0.25) is 0 Å². The van der Waals surface area contributed by atoms with Gasteiger partial charge in [0.05, 0.1) is 0 Å². The van der Waals surface area contributed by atoms with E-state index in [0.29, 0.717) is 19.3 Å². The fraction of sp³-hybridized carbons (Fsp3) is 0.804. The van der Waals surface area contributed by atoms with E-state index >= 15 is 0 Å². The van der Waals surface area contributed by atoms with Gasteiger partial charge in [-0.1, -0.05) is 211 Å². The van der Waals surface area contributed by atoms with Gasteiger partial charge in [-0.3, -0.25) is 14.4 Å². The summed E-state index contributed by atoms with van der Waals surface area (Å²) in [6.45, 7) is 6.56. The van der Waals surface area contributed by atoms with Gasteiger partial charge in [0.15, 0.2) is 6.10 Å². The van der Waals surface area contributed by atoms with Crippen LogP contribution in [0, 0.1) is 0 Å². The average molecular weight is 869 g/mol. The number of carbonyl (C=O) groups is 3. The number of carbonyl (C=O) groups excluding carboxylic acids is 3. The van der Waals surface area contributed by atoms with Gasteiger partial charge >= 0.3 is 17.9 Å². The number of esters is 3. The summed E-state index contributed by atoms with van der Waals surface area (Å²) in [6, 6.07) is 0. The Morgan fingerprint density at radius 1 is 0.323 bits per heavy atom. The van der Waals surface area contributed by atoms with Crippen molar-refractivity contribution in [2.45, 2.75) is 277 Å². The third-order valence-corrected chi connectivity index (χ3v) is 11.6. The topological polar surface area (TPSA) is 78.9 Å². The van der Waals surface area contributed by atoms with Crippen molar-refractivity contribution in [2.75, 3.05) is 13.2 Å². The van der Waals surface area contributed by atoms with Crippen molar-refractivity contribution in [1.82, 2.24) is 0 Å². The van der Waals surface area contributed by atoms with Crippen LogP contribution in [-0.4, -0.2) is 37.2 Å². The molecule has 62 heavy (non-hydrogen) atoms. The van der Waals surface area contributed by atoms with Crippen LogP contribution in [0.3, 0.4) is 0 Å². The van der Waals surface area contributed by atoms with Crippen molar-refractivity contribution in [3.63, 3.8) is 0 Å². The summed E-state index contributed by atoms with van der Waals surface area (Å²) in [4.78, 5) is 38.0. The number of unbranched alkanes of at least 4 members (excludes halogenated alkanes) is 30. The number of allylic oxidation sites excluding steroid dienone is 8. The third kappa shape index (κ3) is 48.4. The summed E-state index contributed by atoms with van der Waals surface area (Å²) in [5.74, 6) is -0.906. The van der Waals surface area contributed by atoms with Gasteiger partial charge in [0.2, 0.25) is 0 Å². The van der Waals surface area contributed by atoms with Gasteiger partial charge in [-0.15, -0.1) is 0 Å². The van der Waals surface area contributed by atoms with Crippen molar-refractivity contribution in [2.24, 2.45) is 0 Å². The van der Waals surface area contributed by atoms with Crippen LogP contribution in [0.5, 0.6) is 0 Å². The highest BCUT2D eigenvalue weighted by atomic mass is 16.6. The maximum atomic E-state index is 12.8. The first kappa shape index (κ1) is 59.4. The Bertz CT molecular complexity index is 1090. The molecule has 0 rings (SSSR count). The minimum Gasteiger partial charge on any atom is -0.462 e. The van der Waals surface area contributed by atoms with Crippen molar-refractivity contribution in [3.8, 4) is 0 Å². The number of rotatable bonds is 48. The predicted octanol–water partition coefficient (Wildman–Crippen LogP) is 17.5. The molecule has 0 aromatic carbocycles. The highest BCUT2D eigenvalue weighted by Gasteiger charge is 2.19. The molecule has 0 aromatic heterocycles. The summed E-state index contributed by atoms with van der Waals surface area (Å²) < 4.78 is 16.8. The molecule has 0 aliphatic carbocycles. The largest absolute Gasteiger partial charge is 0.462 e. The first-order valence-electron chi connectivity index (χ1n) is 26.7. The third-order valence-electron chi connectivity index (χ3n) is 11.6. The lowest BCUT2D eigenvalue weighted by atomic mass is 10.1. The molecule has 0 heterocycles. The predicted molar refractivity (Wildman–Crippen MR) is 265 cm³/mol. The van der Waals surface area contributed by atoms with Crippen LogP contribution in [0.1, 0.15) is 271 Å². The standard InChI is InChI=1S/C56H100O6/c1-4-7-10-13-16-19-22-24-26-27-28-30-31-34-37-40-43-46-49-55(58)61-52-53(51-60-54(57)48-45-42-39-36-33-21-18-15-12-9-6-3)62-56(59)50-47-44-41-38-35-32-29-25-23-20-17-14-11-8-5-2/h15,17-18,20,23,25,28,30,53H,4-14,16,19,21-22,24,26-27,29,31-52H2,1-3H3/b18-15-,20-17-,25-23-,30-28-. The van der Waals surface area contributed by atoms with Crippen LogP contribution in [0.25, 0.3) is 0 Å². The zero-order valence-corrected chi connectivity index (χ0v) is 41.1. The minimum absolute atomic E-state index is 0.0841. The smallest absolute Gasteiger partial charge is 0.306 e. The van der Waals surface area contributed by atoms with Crippen LogP contribution in [0.4, 0.5) is 0 Å². The van der Waals surface area contributed by atoms with Gasteiger partial charge in [0, 0.05) is 19.3 Å². The molecule has 0 N–H and O–H groups in total. The molecular formula is C56H100O6. The van der Waals surface area contributed by atoms with Gasteiger partial charge < -0.3 is 14.2 Å². The Morgan fingerprint density at radius 3 is 0.984 bits per heavy atom. The zero-order chi connectivity index (χ0) is 45.1. The van der Waals surface area contributed by atoms with E-state index < -0.39 is 6.10 Å². The van der Waals surface area contributed by atoms with E-state index in [0.717, 1.165) is 83.5 Å². The van der Waals surface area contributed by atoms with Crippen LogP contribution in [-0.2, 0) is 28.6 Å². The van der Waals surface area contributed by atoms with Crippen LogP contribution < -0.4 is 0 Å². The lowest BCUT2D eigenvalue weighted by molar-refractivity contribution is -0.167. The molecule has 0 aliphatic rings. The molecular weight excluding hydrogens is 769 g/mol. The van der Waals surface area contributed by atoms with Crippen molar-refractivity contribution < 1.29 is 28.6 Å². The molecule has 0 saturated heterocycles. The molecule has 360 valence electrons. The summed E-state index contributed by atoms with van der Waals surface area (Å²) in [5.41, 5.74) is 0. The molecule has 0 spiro atoms. The average Bonchev–Trinajstić information content (AvgIpc) is 3.27. The Kier molecular flexibility index (Phi) is 48.8. The summed E-state index contributed by atoms with van der Waals surface area (Å²) >= 11 is 0. The molecule has 0 amide bonds. The first-order valence-corrected chi connectivity index (χ1v) is 26.7. The van der Waals surface area contributed by atoms with E-state index in [4.69, 9.17) is 14.2 Å². The van der Waals surface area contributed by atoms with Crippen molar-refractivity contribution >= 4 is 17.9 Å². The first-order chi connectivity index (χ1) is 30.5. The second-order valence-electron chi connectivity index (χ2n) is 17.8. The van der Waals surface area contributed by atoms with Gasteiger partial charge in [-0.25, -0.2) is 0 Å². The maximum Gasteiger partial charge on any atom is 0.306 e. The summed E-state index contributed by atoms with van der Waals surface area (Å²) in [5, 5.41) is 0. The van der Waals surface area contributed by atoms with Gasteiger partial charge in [0.25, 0.3) is 0 Å². The molecule has 0 aliphatic heterocycles. The second-order valence-corrected chi connectivity index (χ2v) is 17.8. The lowest BCUT2D eigenvalue weighted by Gasteiger charge is -2.18. The van der Waals surface area contributed by atoms with Gasteiger partial charge in [-0.2, -0.15) is 0 Å². The van der Waals surface area contributed by atoms with E-state index in [9.17, 15) is 14.4 Å². The Morgan fingerprint density at radius 2 is 0.597 bits per heavy atom. The molecule has 0 radical (unpaired) electrons. The fourth-order valence-corrected chi connectivity index (χ4v) is 7.47. The number of hydrogen-bond donors (Lipinski definition) is 0. The quantitative estimate of drug-likeness (QED) is 0.0199. The molecule has 0 aromatic rings. The lowest BCUT2D eigenvalue weighted by Crippen LogP contribution is -2.30. The zero-order valence-electron chi connectivity index (χ0n) is 41.1. The summed E-state index contributed by atoms with van der Waals surface area (Å²) in [7, 11) is 0. The molecule has 0 fully saturated rings. The molecule has 1 atom stereocenters. The van der Waals surface area contributed by atoms with E-state index in [1.54, 1.807) is 0 Å². The van der Waals surface area contributed by atoms with Gasteiger partial charge in [0.1, 0.15) is 13.2 Å². The van der Waals surface area contributed by atoms with Crippen molar-refractivity contribution in [3.05, 3.63) is 48.6 Å². The molecule has 1 unspecified atom stereocenters. The van der Waals surface area contributed by atoms with E-state index in [-0.39, 0.29) is 31.1 Å². The SMILES string of the molecule is CCCC/C=C\CCCCCCCC(=O)OCC(COC(=O)CCCCCCC/C=C\CCCCCCCCCCC)OC(=O)CCCCCCCC/C=C\C=C/CCCCC. The molecule has 0 bridgehead atoms. The van der Waals surface area contributed by atoms with Crippen LogP contribution >= 0.6 is 0 Å². The fourth-order valence-electron chi connectivity index (χ4n) is 7.47. The van der Waals surface area contributed by atoms with Gasteiger partial charge in [-0.05, 0) is 89.9 Å². The number of hydrogen-bond acceptors (Lipinski definition) is 6. The van der Waals surface area contributed by atoms with E-state index in [1.807, 2.05) is 0 Å². The van der Waals surface area contributed by atoms with Crippen molar-refractivity contribution in [1.29, 1.82) is 0 Å². The highest BCUT2D eigenvalue weighted by Crippen LogP contribution is 2.15. The monoisotopic (exact) mass is 869 g/mol. The Labute approximate surface area is 384 Å². The Balaban J connectivity index is 4.37. The highest BCUT2D eigenvalue weighted by molar-refractivity contribution is 5.71. The number of ether oxygens (including phenoxy) is 3. The Hall–Kier alpha value is -2.63. The molecule has 0 saturated carbocycles. The minimum atomic E-state index is -0.784. The summed E-state index contributed by atoms with van der Waals surface area (Å²) in [6.07, 6.45) is 60.9. The normalized spacial score (nSPS) is 12.4. The van der Waals surface area contributed by atoms with E-state index in [2.05, 4.69) is 69.4 Å². The van der Waals surface area contributed by atoms with E-state index in [1.165, 1.54) is 148 Å². The molecule has 6 nitrogen and oxygen atoms in total. The second kappa shape index (κ2) is 51.0.